The van der Waals surface area contributed by atoms with Gasteiger partial charge in [-0.1, -0.05) is 12.1 Å². The first-order valence-electron chi connectivity index (χ1n) is 3.82. The van der Waals surface area contributed by atoms with E-state index in [-0.39, 0.29) is 11.4 Å². The van der Waals surface area contributed by atoms with E-state index in [9.17, 15) is 4.79 Å². The van der Waals surface area contributed by atoms with Crippen molar-refractivity contribution < 1.29 is 9.53 Å². The predicted octanol–water partition coefficient (Wildman–Crippen LogP) is 2.58. The molecular weight excluding hydrogens is 299 g/mol. The van der Waals surface area contributed by atoms with Crippen LogP contribution in [0.2, 0.25) is 0 Å². The Morgan fingerprint density at radius 2 is 2.08 bits per heavy atom. The van der Waals surface area contributed by atoms with Crippen LogP contribution in [0.25, 0.3) is 0 Å². The van der Waals surface area contributed by atoms with Gasteiger partial charge in [0.2, 0.25) is 0 Å². The Balaban J connectivity index is 2.17. The largest absolute Gasteiger partial charge is 0.446 e. The highest BCUT2D eigenvalue weighted by Crippen LogP contribution is 2.35. The van der Waals surface area contributed by atoms with Gasteiger partial charge in [0.05, 0.1) is 5.75 Å². The molecule has 2 nitrogen and oxygen atoms in total. The average Bonchev–Trinajstić information content (AvgIpc) is 2.53. The zero-order chi connectivity index (χ0) is 9.26. The Kier molecular flexibility index (Phi) is 2.78. The predicted molar refractivity (Wildman–Crippen MR) is 60.5 cm³/mol. The minimum Gasteiger partial charge on any atom is -0.446 e. The molecule has 1 fully saturated rings. The summed E-state index contributed by atoms with van der Waals surface area (Å²) < 4.78 is 6.30. The third kappa shape index (κ3) is 2.17. The van der Waals surface area contributed by atoms with Crippen LogP contribution in [0, 0.1) is 3.57 Å². The van der Waals surface area contributed by atoms with E-state index in [4.69, 9.17) is 4.74 Å². The van der Waals surface area contributed by atoms with Crippen molar-refractivity contribution in [2.75, 3.05) is 5.75 Å². The van der Waals surface area contributed by atoms with Crippen LogP contribution in [-0.2, 0) is 9.53 Å². The Morgan fingerprint density at radius 3 is 2.62 bits per heavy atom. The number of thioether (sulfide) groups is 1. The molecule has 0 radical (unpaired) electrons. The highest BCUT2D eigenvalue weighted by atomic mass is 127. The fourth-order valence-corrected chi connectivity index (χ4v) is 2.36. The highest BCUT2D eigenvalue weighted by molar-refractivity contribution is 14.1. The number of hydrogen-bond donors (Lipinski definition) is 0. The molecule has 0 aliphatic carbocycles. The summed E-state index contributed by atoms with van der Waals surface area (Å²) in [6.45, 7) is 0. The van der Waals surface area contributed by atoms with Crippen LogP contribution in [0.1, 0.15) is 11.0 Å². The molecule has 0 amide bonds. The zero-order valence-corrected chi connectivity index (χ0v) is 9.67. The van der Waals surface area contributed by atoms with Gasteiger partial charge in [-0.05, 0) is 34.7 Å². The second kappa shape index (κ2) is 3.88. The molecule has 2 rings (SSSR count). The second-order valence-corrected chi connectivity index (χ2v) is 4.98. The van der Waals surface area contributed by atoms with Crippen LogP contribution >= 0.6 is 34.4 Å². The SMILES string of the molecule is O=C1CSC(c2ccc(I)cc2)O1. The minimum atomic E-state index is -0.117. The summed E-state index contributed by atoms with van der Waals surface area (Å²) in [6.07, 6.45) is 0. The number of halogens is 1. The van der Waals surface area contributed by atoms with E-state index in [0.717, 1.165) is 5.56 Å². The van der Waals surface area contributed by atoms with Gasteiger partial charge in [0.25, 0.3) is 0 Å². The van der Waals surface area contributed by atoms with Crippen molar-refractivity contribution in [3.8, 4) is 0 Å². The molecule has 1 unspecified atom stereocenters. The van der Waals surface area contributed by atoms with Crippen LogP contribution in [0.15, 0.2) is 24.3 Å². The van der Waals surface area contributed by atoms with E-state index >= 15 is 0 Å². The molecule has 68 valence electrons. The van der Waals surface area contributed by atoms with Gasteiger partial charge in [-0.3, -0.25) is 4.79 Å². The molecule has 0 aromatic heterocycles. The maximum absolute atomic E-state index is 10.8. The first kappa shape index (κ1) is 9.33. The molecule has 1 aromatic carbocycles. The maximum atomic E-state index is 10.8. The van der Waals surface area contributed by atoms with E-state index in [1.54, 1.807) is 0 Å². The van der Waals surface area contributed by atoms with Crippen molar-refractivity contribution in [2.24, 2.45) is 0 Å². The van der Waals surface area contributed by atoms with E-state index in [1.165, 1.54) is 15.3 Å². The van der Waals surface area contributed by atoms with Crippen molar-refractivity contribution >= 4 is 40.3 Å². The van der Waals surface area contributed by atoms with Gasteiger partial charge in [0, 0.05) is 9.13 Å². The van der Waals surface area contributed by atoms with E-state index < -0.39 is 0 Å². The smallest absolute Gasteiger partial charge is 0.317 e. The topological polar surface area (TPSA) is 26.3 Å². The van der Waals surface area contributed by atoms with Gasteiger partial charge in [-0.2, -0.15) is 0 Å². The van der Waals surface area contributed by atoms with Gasteiger partial charge >= 0.3 is 5.97 Å². The number of benzene rings is 1. The molecule has 4 heteroatoms. The Morgan fingerprint density at radius 1 is 1.38 bits per heavy atom. The summed E-state index contributed by atoms with van der Waals surface area (Å²) in [5, 5.41) is 0. The number of cyclic esters (lactones) is 1. The van der Waals surface area contributed by atoms with Gasteiger partial charge < -0.3 is 4.74 Å². The highest BCUT2D eigenvalue weighted by Gasteiger charge is 2.25. The number of carbonyl (C=O) groups is 1. The van der Waals surface area contributed by atoms with Crippen molar-refractivity contribution in [1.82, 2.24) is 0 Å². The van der Waals surface area contributed by atoms with Gasteiger partial charge in [-0.15, -0.1) is 11.8 Å². The lowest BCUT2D eigenvalue weighted by molar-refractivity contribution is -0.140. The Hall–Kier alpha value is -0.230. The van der Waals surface area contributed by atoms with E-state index in [1.807, 2.05) is 24.3 Å². The third-order valence-corrected chi connectivity index (χ3v) is 3.53. The van der Waals surface area contributed by atoms with Crippen molar-refractivity contribution in [2.45, 2.75) is 5.44 Å². The Labute approximate surface area is 94.2 Å². The molecule has 1 aliphatic heterocycles. The molecule has 1 aromatic rings. The van der Waals surface area contributed by atoms with Crippen LogP contribution < -0.4 is 0 Å². The number of rotatable bonds is 1. The lowest BCUT2D eigenvalue weighted by Crippen LogP contribution is -1.98. The van der Waals surface area contributed by atoms with E-state index in [0.29, 0.717) is 5.75 Å². The molecule has 0 spiro atoms. The van der Waals surface area contributed by atoms with Crippen molar-refractivity contribution in [3.05, 3.63) is 33.4 Å². The van der Waals surface area contributed by atoms with Crippen LogP contribution in [-0.4, -0.2) is 11.7 Å². The maximum Gasteiger partial charge on any atom is 0.317 e. The summed E-state index contributed by atoms with van der Waals surface area (Å²) in [6, 6.07) is 8.03. The standard InChI is InChI=1S/C9H7IO2S/c10-7-3-1-6(2-4-7)9-12-8(11)5-13-9/h1-4,9H,5H2. The Bertz CT molecular complexity index is 323. The van der Waals surface area contributed by atoms with Crippen LogP contribution in [0.3, 0.4) is 0 Å². The number of esters is 1. The van der Waals surface area contributed by atoms with Crippen molar-refractivity contribution in [1.29, 1.82) is 0 Å². The molecule has 1 atom stereocenters. The molecular formula is C9H7IO2S. The van der Waals surface area contributed by atoms with Crippen LogP contribution in [0.5, 0.6) is 0 Å². The fraction of sp³-hybridized carbons (Fsp3) is 0.222. The van der Waals surface area contributed by atoms with E-state index in [2.05, 4.69) is 22.6 Å². The summed E-state index contributed by atoms with van der Waals surface area (Å²) in [5.74, 6) is 0.352. The van der Waals surface area contributed by atoms with Gasteiger partial charge in [0.1, 0.15) is 0 Å². The summed E-state index contributed by atoms with van der Waals surface area (Å²) in [4.78, 5) is 10.8. The third-order valence-electron chi connectivity index (χ3n) is 1.73. The number of carbonyl (C=O) groups excluding carboxylic acids is 1. The molecule has 1 saturated heterocycles. The zero-order valence-electron chi connectivity index (χ0n) is 6.70. The second-order valence-electron chi connectivity index (χ2n) is 2.68. The number of ether oxygens (including phenoxy) is 1. The summed E-state index contributed by atoms with van der Waals surface area (Å²) in [7, 11) is 0. The normalized spacial score (nSPS) is 21.6. The first-order chi connectivity index (χ1) is 6.25. The summed E-state index contributed by atoms with van der Waals surface area (Å²) in [5.41, 5.74) is 0.973. The molecule has 0 N–H and O–H groups in total. The van der Waals surface area contributed by atoms with Gasteiger partial charge in [0.15, 0.2) is 5.44 Å². The lowest BCUT2D eigenvalue weighted by atomic mass is 10.2. The number of hydrogen-bond acceptors (Lipinski definition) is 3. The molecule has 1 aliphatic rings. The molecule has 13 heavy (non-hydrogen) atoms. The lowest BCUT2D eigenvalue weighted by Gasteiger charge is -2.07. The van der Waals surface area contributed by atoms with Crippen molar-refractivity contribution in [3.63, 3.8) is 0 Å². The first-order valence-corrected chi connectivity index (χ1v) is 5.95. The van der Waals surface area contributed by atoms with Gasteiger partial charge in [-0.25, -0.2) is 0 Å². The quantitative estimate of drug-likeness (QED) is 0.589. The minimum absolute atomic E-state index is 0.0931. The average molecular weight is 306 g/mol. The summed E-state index contributed by atoms with van der Waals surface area (Å²) >= 11 is 3.78. The molecule has 1 heterocycles. The molecule has 0 saturated carbocycles. The van der Waals surface area contributed by atoms with Crippen LogP contribution in [0.4, 0.5) is 0 Å². The fourth-order valence-electron chi connectivity index (χ4n) is 1.12. The molecule has 0 bridgehead atoms. The monoisotopic (exact) mass is 306 g/mol.